The fraction of sp³-hybridized carbons (Fsp3) is 0.519. The molecule has 2 saturated heterocycles. The largest absolute Gasteiger partial charge is 0.341 e. The Morgan fingerprint density at radius 1 is 1.03 bits per heavy atom. The van der Waals surface area contributed by atoms with E-state index in [0.29, 0.717) is 32.6 Å². The van der Waals surface area contributed by atoms with Crippen molar-refractivity contribution in [1.82, 2.24) is 19.7 Å². The number of carbonyl (C=O) groups is 2. The van der Waals surface area contributed by atoms with Gasteiger partial charge in [0.2, 0.25) is 11.8 Å². The molecule has 1 aromatic heterocycles. The van der Waals surface area contributed by atoms with Crippen molar-refractivity contribution in [1.29, 1.82) is 0 Å². The summed E-state index contributed by atoms with van der Waals surface area (Å²) in [5.74, 6) is 0.114. The van der Waals surface area contributed by atoms with Crippen LogP contribution in [0, 0.1) is 5.92 Å². The zero-order valence-electron chi connectivity index (χ0n) is 19.9. The molecule has 2 aromatic rings. The van der Waals surface area contributed by atoms with Gasteiger partial charge in [-0.05, 0) is 69.0 Å². The molecule has 2 unspecified atom stereocenters. The molecule has 0 N–H and O–H groups in total. The highest BCUT2D eigenvalue weighted by Gasteiger charge is 2.34. The van der Waals surface area contributed by atoms with Gasteiger partial charge in [-0.3, -0.25) is 19.5 Å². The maximum atomic E-state index is 13.4. The van der Waals surface area contributed by atoms with Crippen molar-refractivity contribution >= 4 is 11.8 Å². The highest BCUT2D eigenvalue weighted by molar-refractivity contribution is 5.84. The van der Waals surface area contributed by atoms with Crippen LogP contribution in [0.2, 0.25) is 0 Å². The Morgan fingerprint density at radius 2 is 1.79 bits per heavy atom. The average Bonchev–Trinajstić information content (AvgIpc) is 3.03. The van der Waals surface area contributed by atoms with Crippen molar-refractivity contribution in [2.45, 2.75) is 45.6 Å². The third-order valence-corrected chi connectivity index (χ3v) is 7.16. The van der Waals surface area contributed by atoms with Crippen LogP contribution in [0.3, 0.4) is 0 Å². The minimum Gasteiger partial charge on any atom is -0.341 e. The highest BCUT2D eigenvalue weighted by atomic mass is 16.2. The zero-order valence-corrected chi connectivity index (χ0v) is 19.9. The van der Waals surface area contributed by atoms with Crippen molar-refractivity contribution in [3.63, 3.8) is 0 Å². The monoisotopic (exact) mass is 448 g/mol. The van der Waals surface area contributed by atoms with Gasteiger partial charge in [0.15, 0.2) is 0 Å². The van der Waals surface area contributed by atoms with Gasteiger partial charge in [-0.25, -0.2) is 0 Å². The molecule has 2 aliphatic heterocycles. The lowest BCUT2D eigenvalue weighted by Gasteiger charge is -2.35. The molecule has 2 fully saturated rings. The van der Waals surface area contributed by atoms with Gasteiger partial charge in [0, 0.05) is 38.6 Å². The Bertz CT molecular complexity index is 925. The molecule has 0 saturated carbocycles. The van der Waals surface area contributed by atoms with Crippen LogP contribution in [0.25, 0.3) is 11.1 Å². The quantitative estimate of drug-likeness (QED) is 0.679. The fourth-order valence-electron chi connectivity index (χ4n) is 5.09. The lowest BCUT2D eigenvalue weighted by Crippen LogP contribution is -2.50. The van der Waals surface area contributed by atoms with E-state index in [-0.39, 0.29) is 23.8 Å². The normalized spacial score (nSPS) is 21.0. The van der Waals surface area contributed by atoms with E-state index in [2.05, 4.69) is 34.1 Å². The summed E-state index contributed by atoms with van der Waals surface area (Å²) in [4.78, 5) is 37.0. The smallest absolute Gasteiger partial charge is 0.239 e. The fourth-order valence-corrected chi connectivity index (χ4v) is 5.09. The van der Waals surface area contributed by atoms with E-state index < -0.39 is 0 Å². The van der Waals surface area contributed by atoms with Crippen LogP contribution in [0.4, 0.5) is 0 Å². The third kappa shape index (κ3) is 5.61. The Morgan fingerprint density at radius 3 is 2.45 bits per heavy atom. The number of hydrogen-bond acceptors (Lipinski definition) is 4. The standard InChI is InChI=1S/C27H36N4O2/c1-3-29-16-17-31(26(32)21(2)30-14-5-4-6-15-30)20-25(27(29)33)18-22-9-11-23(12-10-22)24-8-7-13-28-19-24/h7-13,19,21,25H,3-6,14-18,20H2,1-2H3. The van der Waals surface area contributed by atoms with Crippen molar-refractivity contribution in [3.8, 4) is 11.1 Å². The van der Waals surface area contributed by atoms with E-state index in [0.717, 1.165) is 42.6 Å². The maximum Gasteiger partial charge on any atom is 0.239 e. The molecule has 2 aliphatic rings. The minimum absolute atomic E-state index is 0.118. The summed E-state index contributed by atoms with van der Waals surface area (Å²) in [5.41, 5.74) is 3.31. The Balaban J connectivity index is 1.47. The number of benzene rings is 1. The lowest BCUT2D eigenvalue weighted by molar-refractivity contribution is -0.137. The first-order chi connectivity index (χ1) is 16.1. The SMILES string of the molecule is CCN1CCN(C(=O)C(C)N2CCCCC2)CC(Cc2ccc(-c3cccnc3)cc2)C1=O. The predicted molar refractivity (Wildman–Crippen MR) is 131 cm³/mol. The summed E-state index contributed by atoms with van der Waals surface area (Å²) in [6, 6.07) is 12.2. The van der Waals surface area contributed by atoms with Gasteiger partial charge in [0.05, 0.1) is 12.0 Å². The van der Waals surface area contributed by atoms with E-state index in [1.54, 1.807) is 6.20 Å². The van der Waals surface area contributed by atoms with Gasteiger partial charge in [-0.1, -0.05) is 36.8 Å². The molecular weight excluding hydrogens is 412 g/mol. The Hall–Kier alpha value is -2.73. The van der Waals surface area contributed by atoms with Crippen molar-refractivity contribution in [2.24, 2.45) is 5.92 Å². The van der Waals surface area contributed by atoms with Crippen molar-refractivity contribution < 1.29 is 9.59 Å². The first-order valence-corrected chi connectivity index (χ1v) is 12.4. The molecule has 2 amide bonds. The first-order valence-electron chi connectivity index (χ1n) is 12.4. The number of piperidine rings is 1. The van der Waals surface area contributed by atoms with Gasteiger partial charge in [-0.15, -0.1) is 0 Å². The number of likely N-dealkylation sites (tertiary alicyclic amines) is 1. The summed E-state index contributed by atoms with van der Waals surface area (Å²) >= 11 is 0. The van der Waals surface area contributed by atoms with Crippen LogP contribution in [0.1, 0.15) is 38.7 Å². The Labute approximate surface area is 197 Å². The van der Waals surface area contributed by atoms with Gasteiger partial charge in [0.1, 0.15) is 0 Å². The molecule has 176 valence electrons. The molecule has 0 spiro atoms. The van der Waals surface area contributed by atoms with Gasteiger partial charge in [-0.2, -0.15) is 0 Å². The summed E-state index contributed by atoms with van der Waals surface area (Å²) in [5, 5.41) is 0. The number of pyridine rings is 1. The summed E-state index contributed by atoms with van der Waals surface area (Å²) in [7, 11) is 0. The van der Waals surface area contributed by atoms with E-state index in [4.69, 9.17) is 0 Å². The molecule has 4 rings (SSSR count). The number of carbonyl (C=O) groups excluding carboxylic acids is 2. The number of rotatable bonds is 6. The van der Waals surface area contributed by atoms with Crippen LogP contribution in [0.15, 0.2) is 48.8 Å². The topological polar surface area (TPSA) is 56.8 Å². The third-order valence-electron chi connectivity index (χ3n) is 7.16. The molecular formula is C27H36N4O2. The molecule has 0 aliphatic carbocycles. The Kier molecular flexibility index (Phi) is 7.76. The van der Waals surface area contributed by atoms with Gasteiger partial charge < -0.3 is 9.80 Å². The molecule has 1 aromatic carbocycles. The van der Waals surface area contributed by atoms with Gasteiger partial charge in [0.25, 0.3) is 0 Å². The van der Waals surface area contributed by atoms with E-state index in [1.807, 2.05) is 42.0 Å². The van der Waals surface area contributed by atoms with Crippen LogP contribution >= 0.6 is 0 Å². The minimum atomic E-state index is -0.214. The molecule has 3 heterocycles. The second-order valence-corrected chi connectivity index (χ2v) is 9.31. The number of hydrogen-bond donors (Lipinski definition) is 0. The highest BCUT2D eigenvalue weighted by Crippen LogP contribution is 2.23. The molecule has 0 radical (unpaired) electrons. The summed E-state index contributed by atoms with van der Waals surface area (Å²) in [6.07, 6.45) is 7.85. The van der Waals surface area contributed by atoms with Crippen LogP contribution in [-0.4, -0.2) is 76.8 Å². The molecule has 6 heteroatoms. The van der Waals surface area contributed by atoms with E-state index in [1.165, 1.54) is 6.42 Å². The second kappa shape index (κ2) is 10.9. The van der Waals surface area contributed by atoms with Crippen LogP contribution in [0.5, 0.6) is 0 Å². The van der Waals surface area contributed by atoms with E-state index >= 15 is 0 Å². The number of nitrogens with zero attached hydrogens (tertiary/aromatic N) is 4. The molecule has 2 atom stereocenters. The second-order valence-electron chi connectivity index (χ2n) is 9.31. The first kappa shape index (κ1) is 23.4. The van der Waals surface area contributed by atoms with Crippen molar-refractivity contribution in [3.05, 3.63) is 54.4 Å². The maximum absolute atomic E-state index is 13.4. The van der Waals surface area contributed by atoms with Crippen LogP contribution < -0.4 is 0 Å². The molecule has 33 heavy (non-hydrogen) atoms. The average molecular weight is 449 g/mol. The van der Waals surface area contributed by atoms with Crippen LogP contribution in [-0.2, 0) is 16.0 Å². The van der Waals surface area contributed by atoms with E-state index in [9.17, 15) is 9.59 Å². The number of aromatic nitrogens is 1. The zero-order chi connectivity index (χ0) is 23.2. The van der Waals surface area contributed by atoms with Gasteiger partial charge >= 0.3 is 0 Å². The summed E-state index contributed by atoms with van der Waals surface area (Å²) in [6.45, 7) is 8.45. The summed E-state index contributed by atoms with van der Waals surface area (Å²) < 4.78 is 0. The lowest BCUT2D eigenvalue weighted by atomic mass is 9.95. The molecule has 6 nitrogen and oxygen atoms in total. The predicted octanol–water partition coefficient (Wildman–Crippen LogP) is 3.47. The van der Waals surface area contributed by atoms with Crippen molar-refractivity contribution in [2.75, 3.05) is 39.3 Å². The number of amides is 2. The number of likely N-dealkylation sites (N-methyl/N-ethyl adjacent to an activating group) is 1. The molecule has 0 bridgehead atoms.